The maximum absolute atomic E-state index is 13.7. The number of aromatic nitrogens is 1. The molecule has 7 nitrogen and oxygen atoms in total. The number of hydrogen-bond acceptors (Lipinski definition) is 4. The second-order valence-electron chi connectivity index (χ2n) is 9.77. The molecule has 3 aliphatic rings. The zero-order valence-corrected chi connectivity index (χ0v) is 18.7. The lowest BCUT2D eigenvalue weighted by molar-refractivity contribution is -0.141. The van der Waals surface area contributed by atoms with Gasteiger partial charge in [-0.05, 0) is 62.5 Å². The molecule has 4 rings (SSSR count). The SMILES string of the molecule is CC(C)CC[C@]1(C2CCN(C(=O)C3CCC3)CC2)NC(=O)N(Cc2ccccn2)C1=O. The molecular formula is C24H34N4O3. The number of carbonyl (C=O) groups is 3. The molecule has 0 radical (unpaired) electrons. The molecule has 2 saturated heterocycles. The van der Waals surface area contributed by atoms with Crippen LogP contribution in [-0.2, 0) is 16.1 Å². The van der Waals surface area contributed by atoms with E-state index in [-0.39, 0.29) is 36.2 Å². The summed E-state index contributed by atoms with van der Waals surface area (Å²) in [6.07, 6.45) is 7.84. The van der Waals surface area contributed by atoms with Gasteiger partial charge in [0.05, 0.1) is 12.2 Å². The first-order chi connectivity index (χ1) is 14.9. The van der Waals surface area contributed by atoms with Gasteiger partial charge in [0.1, 0.15) is 5.54 Å². The molecule has 1 aromatic heterocycles. The summed E-state index contributed by atoms with van der Waals surface area (Å²) in [5.41, 5.74) is -0.173. The number of imide groups is 1. The van der Waals surface area contributed by atoms with Gasteiger partial charge in [0.2, 0.25) is 5.91 Å². The topological polar surface area (TPSA) is 82.6 Å². The third-order valence-corrected chi connectivity index (χ3v) is 7.32. The van der Waals surface area contributed by atoms with Crippen molar-refractivity contribution in [3.8, 4) is 0 Å². The first kappa shape index (κ1) is 21.8. The van der Waals surface area contributed by atoms with Crippen molar-refractivity contribution in [1.29, 1.82) is 0 Å². The third-order valence-electron chi connectivity index (χ3n) is 7.32. The van der Waals surface area contributed by atoms with Crippen LogP contribution in [0.1, 0.15) is 64.5 Å². The summed E-state index contributed by atoms with van der Waals surface area (Å²) in [5.74, 6) is 0.828. The van der Waals surface area contributed by atoms with E-state index in [0.717, 1.165) is 38.5 Å². The lowest BCUT2D eigenvalue weighted by Gasteiger charge is -2.42. The smallest absolute Gasteiger partial charge is 0.325 e. The van der Waals surface area contributed by atoms with E-state index in [4.69, 9.17) is 0 Å². The summed E-state index contributed by atoms with van der Waals surface area (Å²) in [5, 5.41) is 3.11. The highest BCUT2D eigenvalue weighted by Crippen LogP contribution is 2.39. The third kappa shape index (κ3) is 4.32. The summed E-state index contributed by atoms with van der Waals surface area (Å²) in [6, 6.07) is 5.19. The van der Waals surface area contributed by atoms with Crippen LogP contribution in [0.5, 0.6) is 0 Å². The predicted octanol–water partition coefficient (Wildman–Crippen LogP) is 3.35. The molecule has 2 aliphatic heterocycles. The van der Waals surface area contributed by atoms with Crippen molar-refractivity contribution in [1.82, 2.24) is 20.1 Å². The predicted molar refractivity (Wildman–Crippen MR) is 117 cm³/mol. The van der Waals surface area contributed by atoms with E-state index in [1.165, 1.54) is 4.90 Å². The lowest BCUT2D eigenvalue weighted by Crippen LogP contribution is -2.57. The number of likely N-dealkylation sites (tertiary alicyclic amines) is 1. The molecule has 31 heavy (non-hydrogen) atoms. The Hall–Kier alpha value is -2.44. The number of nitrogens with zero attached hydrogens (tertiary/aromatic N) is 3. The Morgan fingerprint density at radius 1 is 1.19 bits per heavy atom. The monoisotopic (exact) mass is 426 g/mol. The minimum Gasteiger partial charge on any atom is -0.342 e. The van der Waals surface area contributed by atoms with Crippen molar-refractivity contribution in [2.75, 3.05) is 13.1 Å². The molecule has 0 bridgehead atoms. The summed E-state index contributed by atoms with van der Waals surface area (Å²) in [4.78, 5) is 46.8. The first-order valence-corrected chi connectivity index (χ1v) is 11.7. The maximum Gasteiger partial charge on any atom is 0.325 e. The molecule has 3 heterocycles. The van der Waals surface area contributed by atoms with E-state index < -0.39 is 5.54 Å². The van der Waals surface area contributed by atoms with Crippen LogP contribution in [0.15, 0.2) is 24.4 Å². The Balaban J connectivity index is 1.49. The number of hydrogen-bond donors (Lipinski definition) is 1. The van der Waals surface area contributed by atoms with Gasteiger partial charge in [-0.3, -0.25) is 19.5 Å². The van der Waals surface area contributed by atoms with Crippen LogP contribution in [0.2, 0.25) is 0 Å². The van der Waals surface area contributed by atoms with Crippen LogP contribution < -0.4 is 5.32 Å². The highest BCUT2D eigenvalue weighted by Gasteiger charge is 2.55. The van der Waals surface area contributed by atoms with Crippen LogP contribution in [0.4, 0.5) is 4.79 Å². The van der Waals surface area contributed by atoms with E-state index in [2.05, 4.69) is 24.1 Å². The largest absolute Gasteiger partial charge is 0.342 e. The van der Waals surface area contributed by atoms with Gasteiger partial charge in [0, 0.05) is 25.2 Å². The standard InChI is InChI=1S/C24H34N4O3/c1-17(2)9-12-24(19-10-14-27(15-11-19)21(29)18-6-5-7-18)22(30)28(23(31)26-24)16-20-8-3-4-13-25-20/h3-4,8,13,17-19H,5-7,9-12,14-16H2,1-2H3,(H,26,31)/t24-/m1/s1. The van der Waals surface area contributed by atoms with E-state index in [1.807, 2.05) is 23.1 Å². The zero-order chi connectivity index (χ0) is 22.0. The molecule has 3 fully saturated rings. The number of rotatable bonds is 7. The normalized spacial score (nSPS) is 25.1. The number of pyridine rings is 1. The van der Waals surface area contributed by atoms with Gasteiger partial charge >= 0.3 is 6.03 Å². The Labute approximate surface area is 184 Å². The summed E-state index contributed by atoms with van der Waals surface area (Å²) in [6.45, 7) is 5.81. The molecule has 0 aromatic carbocycles. The number of urea groups is 1. The molecule has 1 aromatic rings. The molecule has 0 unspecified atom stereocenters. The van der Waals surface area contributed by atoms with E-state index in [1.54, 1.807) is 6.20 Å². The first-order valence-electron chi connectivity index (χ1n) is 11.7. The molecule has 1 aliphatic carbocycles. The summed E-state index contributed by atoms with van der Waals surface area (Å²) < 4.78 is 0. The van der Waals surface area contributed by atoms with Gasteiger partial charge < -0.3 is 10.2 Å². The van der Waals surface area contributed by atoms with Crippen molar-refractivity contribution in [3.63, 3.8) is 0 Å². The summed E-state index contributed by atoms with van der Waals surface area (Å²) in [7, 11) is 0. The average Bonchev–Trinajstić information content (AvgIpc) is 2.97. The Morgan fingerprint density at radius 2 is 1.94 bits per heavy atom. The van der Waals surface area contributed by atoms with Crippen molar-refractivity contribution < 1.29 is 14.4 Å². The zero-order valence-electron chi connectivity index (χ0n) is 18.7. The summed E-state index contributed by atoms with van der Waals surface area (Å²) >= 11 is 0. The van der Waals surface area contributed by atoms with Crippen molar-refractivity contribution in [2.45, 2.75) is 70.9 Å². The Bertz CT molecular complexity index is 815. The quantitative estimate of drug-likeness (QED) is 0.678. The van der Waals surface area contributed by atoms with Crippen molar-refractivity contribution in [3.05, 3.63) is 30.1 Å². The molecule has 0 spiro atoms. The molecule has 4 amide bonds. The number of amides is 4. The van der Waals surface area contributed by atoms with Gasteiger partial charge in [-0.1, -0.05) is 26.3 Å². The van der Waals surface area contributed by atoms with Crippen LogP contribution in [0.25, 0.3) is 0 Å². The number of carbonyl (C=O) groups excluding carboxylic acids is 3. The van der Waals surface area contributed by atoms with Gasteiger partial charge in [-0.2, -0.15) is 0 Å². The Kier molecular flexibility index (Phi) is 6.30. The van der Waals surface area contributed by atoms with E-state index in [0.29, 0.717) is 31.1 Å². The minimum absolute atomic E-state index is 0.0434. The van der Waals surface area contributed by atoms with Gasteiger partial charge in [-0.25, -0.2) is 4.79 Å². The molecule has 168 valence electrons. The fourth-order valence-corrected chi connectivity index (χ4v) is 5.11. The fourth-order valence-electron chi connectivity index (χ4n) is 5.11. The Morgan fingerprint density at radius 3 is 2.52 bits per heavy atom. The lowest BCUT2D eigenvalue weighted by atomic mass is 9.73. The van der Waals surface area contributed by atoms with Crippen LogP contribution in [0, 0.1) is 17.8 Å². The van der Waals surface area contributed by atoms with Gasteiger partial charge in [0.25, 0.3) is 5.91 Å². The molecule has 1 atom stereocenters. The highest BCUT2D eigenvalue weighted by molar-refractivity contribution is 6.07. The van der Waals surface area contributed by atoms with E-state index >= 15 is 0 Å². The molecule has 1 saturated carbocycles. The maximum atomic E-state index is 13.7. The molecule has 7 heteroatoms. The van der Waals surface area contributed by atoms with Gasteiger partial charge in [-0.15, -0.1) is 0 Å². The van der Waals surface area contributed by atoms with Crippen molar-refractivity contribution >= 4 is 17.8 Å². The molecular weight excluding hydrogens is 392 g/mol. The number of nitrogens with one attached hydrogen (secondary N) is 1. The van der Waals surface area contributed by atoms with E-state index in [9.17, 15) is 14.4 Å². The average molecular weight is 427 g/mol. The second kappa shape index (κ2) is 8.97. The van der Waals surface area contributed by atoms with Crippen molar-refractivity contribution in [2.24, 2.45) is 17.8 Å². The molecule has 1 N–H and O–H groups in total. The van der Waals surface area contributed by atoms with Gasteiger partial charge in [0.15, 0.2) is 0 Å². The van der Waals surface area contributed by atoms with Crippen LogP contribution in [-0.4, -0.2) is 51.3 Å². The minimum atomic E-state index is -0.873. The number of piperidine rings is 1. The second-order valence-corrected chi connectivity index (χ2v) is 9.77. The van der Waals surface area contributed by atoms with Crippen LogP contribution >= 0.6 is 0 Å². The van der Waals surface area contributed by atoms with Crippen LogP contribution in [0.3, 0.4) is 0 Å². The highest BCUT2D eigenvalue weighted by atomic mass is 16.2. The fraction of sp³-hybridized carbons (Fsp3) is 0.667.